The smallest absolute Gasteiger partial charge is 0.269 e. The number of nitro groups is 1. The van der Waals surface area contributed by atoms with E-state index in [9.17, 15) is 14.5 Å². The first-order valence-electron chi connectivity index (χ1n) is 5.94. The Morgan fingerprint density at radius 2 is 1.70 bits per heavy atom. The predicted molar refractivity (Wildman–Crippen MR) is 77.7 cm³/mol. The van der Waals surface area contributed by atoms with E-state index in [1.165, 1.54) is 18.2 Å². The van der Waals surface area contributed by atoms with Gasteiger partial charge in [-0.3, -0.25) is 10.1 Å². The third kappa shape index (κ3) is 3.85. The fraction of sp³-hybridized carbons (Fsp3) is 0.143. The van der Waals surface area contributed by atoms with Gasteiger partial charge in [-0.15, -0.1) is 0 Å². The van der Waals surface area contributed by atoms with Crippen molar-refractivity contribution in [3.63, 3.8) is 0 Å². The molecule has 0 aliphatic carbocycles. The van der Waals surface area contributed by atoms with Gasteiger partial charge < -0.3 is 5.32 Å². The molecule has 0 heterocycles. The maximum absolute atomic E-state index is 13.3. The monoisotopic (exact) mass is 338 g/mol. The van der Waals surface area contributed by atoms with E-state index in [2.05, 4.69) is 21.2 Å². The molecule has 0 aliphatic rings. The molecule has 0 aliphatic heterocycles. The summed E-state index contributed by atoms with van der Waals surface area (Å²) in [4.78, 5) is 10.1. The van der Waals surface area contributed by atoms with Crippen LogP contribution in [0.4, 0.5) is 10.1 Å². The average Bonchev–Trinajstić information content (AvgIpc) is 2.43. The molecule has 0 aromatic heterocycles. The lowest BCUT2D eigenvalue weighted by Gasteiger charge is -2.06. The summed E-state index contributed by atoms with van der Waals surface area (Å²) in [5.41, 5.74) is 1.85. The largest absolute Gasteiger partial charge is 0.309 e. The second-order valence-electron chi connectivity index (χ2n) is 4.28. The van der Waals surface area contributed by atoms with Gasteiger partial charge in [-0.05, 0) is 39.2 Å². The summed E-state index contributed by atoms with van der Waals surface area (Å²) < 4.78 is 13.8. The Labute approximate surface area is 123 Å². The molecule has 1 N–H and O–H groups in total. The van der Waals surface area contributed by atoms with Gasteiger partial charge in [0, 0.05) is 25.2 Å². The summed E-state index contributed by atoms with van der Waals surface area (Å²) in [6.45, 7) is 1.09. The van der Waals surface area contributed by atoms with E-state index in [4.69, 9.17) is 0 Å². The Kier molecular flexibility index (Phi) is 4.81. The van der Waals surface area contributed by atoms with Gasteiger partial charge in [0.2, 0.25) is 0 Å². The van der Waals surface area contributed by atoms with Crippen LogP contribution in [0.3, 0.4) is 0 Å². The van der Waals surface area contributed by atoms with Crippen molar-refractivity contribution in [2.45, 2.75) is 13.1 Å². The van der Waals surface area contributed by atoms with E-state index in [1.807, 2.05) is 6.07 Å². The van der Waals surface area contributed by atoms with Gasteiger partial charge in [0.15, 0.2) is 0 Å². The van der Waals surface area contributed by atoms with E-state index < -0.39 is 4.92 Å². The number of nitro benzene ring substituents is 1. The normalized spacial score (nSPS) is 10.5. The zero-order chi connectivity index (χ0) is 14.5. The van der Waals surface area contributed by atoms with Gasteiger partial charge >= 0.3 is 0 Å². The Morgan fingerprint density at radius 3 is 2.30 bits per heavy atom. The molecule has 6 heteroatoms. The van der Waals surface area contributed by atoms with Gasteiger partial charge in [-0.1, -0.05) is 18.2 Å². The van der Waals surface area contributed by atoms with Gasteiger partial charge in [-0.25, -0.2) is 4.39 Å². The van der Waals surface area contributed by atoms with Crippen LogP contribution in [0.15, 0.2) is 46.9 Å². The molecule has 4 nitrogen and oxygen atoms in total. The van der Waals surface area contributed by atoms with Crippen molar-refractivity contribution in [1.29, 1.82) is 0 Å². The van der Waals surface area contributed by atoms with Gasteiger partial charge in [0.1, 0.15) is 5.82 Å². The quantitative estimate of drug-likeness (QED) is 0.666. The Hall–Kier alpha value is -1.79. The minimum absolute atomic E-state index is 0.0729. The van der Waals surface area contributed by atoms with Crippen LogP contribution in [0.5, 0.6) is 0 Å². The summed E-state index contributed by atoms with van der Waals surface area (Å²) in [5, 5.41) is 13.7. The van der Waals surface area contributed by atoms with Crippen LogP contribution >= 0.6 is 15.9 Å². The maximum Gasteiger partial charge on any atom is 0.269 e. The lowest BCUT2D eigenvalue weighted by Crippen LogP contribution is -2.12. The second-order valence-corrected chi connectivity index (χ2v) is 5.13. The van der Waals surface area contributed by atoms with Gasteiger partial charge in [-0.2, -0.15) is 0 Å². The SMILES string of the molecule is O=[N+]([O-])c1ccc(CNCc2ccc(Br)c(F)c2)cc1. The number of nitrogens with one attached hydrogen (secondary N) is 1. The number of halogens is 2. The molecule has 2 rings (SSSR count). The topological polar surface area (TPSA) is 55.2 Å². The number of hydrogen-bond acceptors (Lipinski definition) is 3. The van der Waals surface area contributed by atoms with Crippen molar-refractivity contribution in [3.8, 4) is 0 Å². The molecular formula is C14H12BrFN2O2. The molecule has 0 saturated carbocycles. The number of hydrogen-bond donors (Lipinski definition) is 1. The number of non-ortho nitro benzene ring substituents is 1. The fourth-order valence-corrected chi connectivity index (χ4v) is 1.98. The number of benzene rings is 2. The summed E-state index contributed by atoms with van der Waals surface area (Å²) in [7, 11) is 0. The zero-order valence-corrected chi connectivity index (χ0v) is 12.1. The van der Waals surface area contributed by atoms with Crippen molar-refractivity contribution >= 4 is 21.6 Å². The second kappa shape index (κ2) is 6.58. The van der Waals surface area contributed by atoms with Crippen LogP contribution in [0.2, 0.25) is 0 Å². The minimum atomic E-state index is -0.429. The van der Waals surface area contributed by atoms with Gasteiger partial charge in [0.25, 0.3) is 5.69 Å². The Balaban J connectivity index is 1.89. The highest BCUT2D eigenvalue weighted by Gasteiger charge is 2.04. The lowest BCUT2D eigenvalue weighted by molar-refractivity contribution is -0.384. The summed E-state index contributed by atoms with van der Waals surface area (Å²) in [5.74, 6) is -0.292. The van der Waals surface area contributed by atoms with Crippen molar-refractivity contribution < 1.29 is 9.31 Å². The first-order chi connectivity index (χ1) is 9.56. The van der Waals surface area contributed by atoms with E-state index >= 15 is 0 Å². The number of rotatable bonds is 5. The van der Waals surface area contributed by atoms with Crippen molar-refractivity contribution in [1.82, 2.24) is 5.32 Å². The van der Waals surface area contributed by atoms with E-state index in [0.29, 0.717) is 17.6 Å². The molecule has 20 heavy (non-hydrogen) atoms. The van der Waals surface area contributed by atoms with E-state index in [0.717, 1.165) is 11.1 Å². The highest BCUT2D eigenvalue weighted by molar-refractivity contribution is 9.10. The molecule has 0 amide bonds. The maximum atomic E-state index is 13.3. The summed E-state index contributed by atoms with van der Waals surface area (Å²) >= 11 is 3.10. The van der Waals surface area contributed by atoms with Crippen molar-refractivity contribution in [3.05, 3.63) is 74.0 Å². The van der Waals surface area contributed by atoms with Gasteiger partial charge in [0.05, 0.1) is 9.40 Å². The highest BCUT2D eigenvalue weighted by Crippen LogP contribution is 2.16. The molecule has 0 spiro atoms. The summed E-state index contributed by atoms with van der Waals surface area (Å²) in [6.07, 6.45) is 0. The molecule has 104 valence electrons. The zero-order valence-electron chi connectivity index (χ0n) is 10.5. The average molecular weight is 339 g/mol. The molecule has 0 saturated heterocycles. The molecule has 0 bridgehead atoms. The third-order valence-electron chi connectivity index (χ3n) is 2.79. The highest BCUT2D eigenvalue weighted by atomic mass is 79.9. The Morgan fingerprint density at radius 1 is 1.10 bits per heavy atom. The fourth-order valence-electron chi connectivity index (χ4n) is 1.74. The standard InChI is InChI=1S/C14H12BrFN2O2/c15-13-6-3-11(7-14(13)16)9-17-8-10-1-4-12(5-2-10)18(19)20/h1-7,17H,8-9H2. The van der Waals surface area contributed by atoms with Crippen LogP contribution in [0, 0.1) is 15.9 Å². The number of nitrogens with zero attached hydrogens (tertiary/aromatic N) is 1. The molecule has 2 aromatic carbocycles. The minimum Gasteiger partial charge on any atom is -0.309 e. The van der Waals surface area contributed by atoms with Crippen LogP contribution < -0.4 is 5.32 Å². The van der Waals surface area contributed by atoms with Crippen LogP contribution in [0.25, 0.3) is 0 Å². The first-order valence-corrected chi connectivity index (χ1v) is 6.73. The van der Waals surface area contributed by atoms with Crippen LogP contribution in [0.1, 0.15) is 11.1 Å². The van der Waals surface area contributed by atoms with Crippen LogP contribution in [-0.4, -0.2) is 4.92 Å². The molecular weight excluding hydrogens is 327 g/mol. The van der Waals surface area contributed by atoms with Crippen molar-refractivity contribution in [2.75, 3.05) is 0 Å². The first kappa shape index (κ1) is 14.6. The van der Waals surface area contributed by atoms with Crippen LogP contribution in [-0.2, 0) is 13.1 Å². The lowest BCUT2D eigenvalue weighted by atomic mass is 10.2. The molecule has 0 radical (unpaired) electrons. The predicted octanol–water partition coefficient (Wildman–Crippen LogP) is 3.79. The molecule has 0 unspecified atom stereocenters. The summed E-state index contributed by atoms with van der Waals surface area (Å²) in [6, 6.07) is 11.3. The molecule has 0 atom stereocenters. The third-order valence-corrected chi connectivity index (χ3v) is 3.43. The molecule has 2 aromatic rings. The molecule has 0 fully saturated rings. The van der Waals surface area contributed by atoms with E-state index in [-0.39, 0.29) is 11.5 Å². The Bertz CT molecular complexity index is 617. The van der Waals surface area contributed by atoms with Crippen molar-refractivity contribution in [2.24, 2.45) is 0 Å². The van der Waals surface area contributed by atoms with E-state index in [1.54, 1.807) is 18.2 Å².